The van der Waals surface area contributed by atoms with Crippen LogP contribution in [-0.2, 0) is 12.0 Å². The Morgan fingerprint density at radius 2 is 1.73 bits per heavy atom. The molecule has 37 heavy (non-hydrogen) atoms. The lowest BCUT2D eigenvalue weighted by Gasteiger charge is -2.35. The van der Waals surface area contributed by atoms with Crippen LogP contribution in [-0.4, -0.2) is 40.4 Å². The first-order valence-electron chi connectivity index (χ1n) is 13.7. The number of nitrogens with zero attached hydrogens (tertiary/aromatic N) is 4. The van der Waals surface area contributed by atoms with Gasteiger partial charge in [-0.2, -0.15) is 0 Å². The van der Waals surface area contributed by atoms with Crippen LogP contribution in [0.3, 0.4) is 0 Å². The van der Waals surface area contributed by atoms with E-state index in [1.807, 2.05) is 54.3 Å². The average molecular weight is 501 g/mol. The highest BCUT2D eigenvalue weighted by Gasteiger charge is 2.42. The van der Waals surface area contributed by atoms with Gasteiger partial charge < -0.3 is 9.80 Å². The predicted molar refractivity (Wildman–Crippen MR) is 145 cm³/mol. The molecule has 5 rings (SSSR count). The first kappa shape index (κ1) is 25.4. The Hall–Kier alpha value is -3.28. The molecule has 1 aliphatic heterocycles. The molecule has 2 aromatic carbocycles. The molecule has 2 fully saturated rings. The minimum absolute atomic E-state index is 0.0476. The lowest BCUT2D eigenvalue weighted by atomic mass is 9.74. The zero-order chi connectivity index (χ0) is 25.8. The van der Waals surface area contributed by atoms with Gasteiger partial charge in [-0.25, -0.2) is 14.4 Å². The van der Waals surface area contributed by atoms with E-state index in [-0.39, 0.29) is 11.7 Å². The maximum absolute atomic E-state index is 14.1. The second kappa shape index (κ2) is 11.0. The smallest absolute Gasteiger partial charge is 0.257 e. The molecular weight excluding hydrogens is 463 g/mol. The number of halogens is 1. The molecule has 5 nitrogen and oxygen atoms in total. The highest BCUT2D eigenvalue weighted by molar-refractivity contribution is 5.95. The van der Waals surface area contributed by atoms with Crippen molar-refractivity contribution in [1.82, 2.24) is 14.9 Å². The normalized spacial score (nSPS) is 17.6. The Bertz CT molecular complexity index is 1200. The fraction of sp³-hybridized carbons (Fsp3) is 0.452. The second-order valence-electron chi connectivity index (χ2n) is 10.7. The molecule has 0 unspecified atom stereocenters. The van der Waals surface area contributed by atoms with E-state index in [1.165, 1.54) is 12.1 Å². The van der Waals surface area contributed by atoms with Gasteiger partial charge in [0.05, 0.1) is 11.3 Å². The van der Waals surface area contributed by atoms with Crippen LogP contribution in [0.1, 0.15) is 79.6 Å². The van der Waals surface area contributed by atoms with E-state index in [1.54, 1.807) is 6.20 Å². The van der Waals surface area contributed by atoms with Gasteiger partial charge in [-0.1, -0.05) is 62.2 Å². The summed E-state index contributed by atoms with van der Waals surface area (Å²) in [6, 6.07) is 16.9. The zero-order valence-corrected chi connectivity index (χ0v) is 22.0. The number of amides is 1. The molecule has 0 spiro atoms. The molecule has 0 radical (unpaired) electrons. The van der Waals surface area contributed by atoms with Crippen molar-refractivity contribution in [2.45, 2.75) is 64.3 Å². The molecule has 0 N–H and O–H groups in total. The van der Waals surface area contributed by atoms with E-state index in [0.29, 0.717) is 30.5 Å². The summed E-state index contributed by atoms with van der Waals surface area (Å²) in [5, 5.41) is 0. The molecule has 194 valence electrons. The molecule has 0 bridgehead atoms. The molecule has 1 aliphatic carbocycles. The van der Waals surface area contributed by atoms with Crippen LogP contribution in [0.15, 0.2) is 60.8 Å². The first-order valence-corrected chi connectivity index (χ1v) is 13.7. The SMILES string of the molecule is CCN(Cc1ccccc1)C(=O)c1cnc(N2CCC(C)CC2)nc1C1(c2ccc(F)cc2)CCCC1. The van der Waals surface area contributed by atoms with Crippen LogP contribution < -0.4 is 4.90 Å². The van der Waals surface area contributed by atoms with Crippen LogP contribution in [0.25, 0.3) is 0 Å². The fourth-order valence-electron chi connectivity index (χ4n) is 5.97. The number of rotatable bonds is 7. The molecule has 2 aliphatic rings. The summed E-state index contributed by atoms with van der Waals surface area (Å²) in [5.41, 5.74) is 3.07. The molecule has 0 atom stereocenters. The van der Waals surface area contributed by atoms with Gasteiger partial charge >= 0.3 is 0 Å². The van der Waals surface area contributed by atoms with Gasteiger partial charge in [-0.15, -0.1) is 0 Å². The number of piperidine rings is 1. The summed E-state index contributed by atoms with van der Waals surface area (Å²) in [6.45, 7) is 7.27. The Morgan fingerprint density at radius 3 is 2.38 bits per heavy atom. The lowest BCUT2D eigenvalue weighted by molar-refractivity contribution is 0.0749. The quantitative estimate of drug-likeness (QED) is 0.378. The highest BCUT2D eigenvalue weighted by atomic mass is 19.1. The van der Waals surface area contributed by atoms with E-state index in [9.17, 15) is 9.18 Å². The van der Waals surface area contributed by atoms with Crippen LogP contribution in [0.2, 0.25) is 0 Å². The molecule has 1 saturated heterocycles. The summed E-state index contributed by atoms with van der Waals surface area (Å²) in [6.07, 6.45) is 7.86. The number of aromatic nitrogens is 2. The minimum Gasteiger partial charge on any atom is -0.341 e. The Morgan fingerprint density at radius 1 is 1.05 bits per heavy atom. The van der Waals surface area contributed by atoms with E-state index >= 15 is 0 Å². The Kier molecular flexibility index (Phi) is 7.54. The van der Waals surface area contributed by atoms with Gasteiger partial charge in [0, 0.05) is 37.8 Å². The van der Waals surface area contributed by atoms with Gasteiger partial charge in [0.15, 0.2) is 0 Å². The highest BCUT2D eigenvalue weighted by Crippen LogP contribution is 2.47. The first-order chi connectivity index (χ1) is 18.0. The van der Waals surface area contributed by atoms with E-state index in [0.717, 1.165) is 68.4 Å². The van der Waals surface area contributed by atoms with Crippen molar-refractivity contribution in [1.29, 1.82) is 0 Å². The predicted octanol–water partition coefficient (Wildman–Crippen LogP) is 6.37. The van der Waals surface area contributed by atoms with Crippen molar-refractivity contribution in [3.63, 3.8) is 0 Å². The third-order valence-corrected chi connectivity index (χ3v) is 8.27. The monoisotopic (exact) mass is 500 g/mol. The summed E-state index contributed by atoms with van der Waals surface area (Å²) >= 11 is 0. The molecule has 3 aromatic rings. The number of benzene rings is 2. The lowest BCUT2D eigenvalue weighted by Crippen LogP contribution is -2.38. The van der Waals surface area contributed by atoms with Gasteiger partial charge in [0.1, 0.15) is 5.82 Å². The van der Waals surface area contributed by atoms with Crippen molar-refractivity contribution in [2.75, 3.05) is 24.5 Å². The second-order valence-corrected chi connectivity index (χ2v) is 10.7. The molecule has 1 saturated carbocycles. The number of carbonyl (C=O) groups is 1. The van der Waals surface area contributed by atoms with Crippen LogP contribution in [0.5, 0.6) is 0 Å². The van der Waals surface area contributed by atoms with Gasteiger partial charge in [-0.05, 0) is 61.8 Å². The molecular formula is C31H37FN4O. The number of hydrogen-bond acceptors (Lipinski definition) is 4. The van der Waals surface area contributed by atoms with Gasteiger partial charge in [-0.3, -0.25) is 4.79 Å². The third-order valence-electron chi connectivity index (χ3n) is 8.27. The van der Waals surface area contributed by atoms with E-state index < -0.39 is 5.41 Å². The van der Waals surface area contributed by atoms with Gasteiger partial charge in [0.25, 0.3) is 5.91 Å². The maximum Gasteiger partial charge on any atom is 0.257 e. The number of anilines is 1. The standard InChI is InChI=1S/C31H37FN4O/c1-3-35(22-24-9-5-4-6-10-24)29(37)27-21-33-30(36-19-15-23(2)16-20-36)34-28(27)31(17-7-8-18-31)25-11-13-26(32)14-12-25/h4-6,9-14,21,23H,3,7-8,15-20,22H2,1-2H3. The zero-order valence-electron chi connectivity index (χ0n) is 22.0. The van der Waals surface area contributed by atoms with Crippen molar-refractivity contribution in [3.05, 3.63) is 89.0 Å². The number of hydrogen-bond donors (Lipinski definition) is 0. The maximum atomic E-state index is 14.1. The van der Waals surface area contributed by atoms with E-state index in [4.69, 9.17) is 9.97 Å². The summed E-state index contributed by atoms with van der Waals surface area (Å²) < 4.78 is 13.9. The van der Waals surface area contributed by atoms with Crippen molar-refractivity contribution in [2.24, 2.45) is 5.92 Å². The molecule has 6 heteroatoms. The van der Waals surface area contributed by atoms with Crippen molar-refractivity contribution >= 4 is 11.9 Å². The molecule has 1 amide bonds. The average Bonchev–Trinajstić information content (AvgIpc) is 3.43. The summed E-state index contributed by atoms with van der Waals surface area (Å²) in [5.74, 6) is 1.11. The third kappa shape index (κ3) is 5.25. The van der Waals surface area contributed by atoms with Crippen molar-refractivity contribution < 1.29 is 9.18 Å². The van der Waals surface area contributed by atoms with Crippen LogP contribution in [0, 0.1) is 11.7 Å². The van der Waals surface area contributed by atoms with E-state index in [2.05, 4.69) is 11.8 Å². The largest absolute Gasteiger partial charge is 0.341 e. The Balaban J connectivity index is 1.59. The molecule has 2 heterocycles. The number of carbonyl (C=O) groups excluding carboxylic acids is 1. The topological polar surface area (TPSA) is 49.3 Å². The Labute approximate surface area is 219 Å². The van der Waals surface area contributed by atoms with Crippen LogP contribution >= 0.6 is 0 Å². The van der Waals surface area contributed by atoms with Crippen LogP contribution in [0.4, 0.5) is 10.3 Å². The summed E-state index contributed by atoms with van der Waals surface area (Å²) in [7, 11) is 0. The minimum atomic E-state index is -0.425. The van der Waals surface area contributed by atoms with Gasteiger partial charge in [0.2, 0.25) is 5.95 Å². The summed E-state index contributed by atoms with van der Waals surface area (Å²) in [4.78, 5) is 28.2. The fourth-order valence-corrected chi connectivity index (χ4v) is 5.97. The molecule has 1 aromatic heterocycles. The van der Waals surface area contributed by atoms with Crippen molar-refractivity contribution in [3.8, 4) is 0 Å².